The number of hydrogen-bond acceptors (Lipinski definition) is 6. The van der Waals surface area contributed by atoms with Gasteiger partial charge < -0.3 is 20.1 Å². The van der Waals surface area contributed by atoms with Crippen molar-refractivity contribution in [1.82, 2.24) is 24.8 Å². The normalized spacial score (nSPS) is 13.9. The van der Waals surface area contributed by atoms with Crippen molar-refractivity contribution in [3.63, 3.8) is 0 Å². The summed E-state index contributed by atoms with van der Waals surface area (Å²) in [4.78, 5) is 15.0. The molecule has 0 saturated heterocycles. The van der Waals surface area contributed by atoms with Crippen LogP contribution in [0.5, 0.6) is 0 Å². The molecular weight excluding hydrogens is 254 g/mol. The number of rotatable bonds is 4. The zero-order valence-corrected chi connectivity index (χ0v) is 11.8. The fourth-order valence-corrected chi connectivity index (χ4v) is 2.20. The quantitative estimate of drug-likeness (QED) is 0.843. The topological polar surface area (TPSA) is 70.9 Å². The van der Waals surface area contributed by atoms with Gasteiger partial charge in [0.15, 0.2) is 0 Å². The van der Waals surface area contributed by atoms with Crippen LogP contribution in [0.15, 0.2) is 18.6 Å². The van der Waals surface area contributed by atoms with Gasteiger partial charge in [0.1, 0.15) is 23.8 Å². The highest BCUT2D eigenvalue weighted by Crippen LogP contribution is 2.13. The van der Waals surface area contributed by atoms with E-state index in [0.717, 1.165) is 42.8 Å². The molecule has 2 aromatic heterocycles. The third kappa shape index (κ3) is 2.72. The Balaban J connectivity index is 1.67. The third-order valence-corrected chi connectivity index (χ3v) is 3.28. The average molecular weight is 273 g/mol. The number of hydrogen-bond donors (Lipinski definition) is 2. The smallest absolute Gasteiger partial charge is 0.133 e. The molecule has 3 rings (SSSR count). The highest BCUT2D eigenvalue weighted by atomic mass is 15.2. The van der Waals surface area contributed by atoms with Crippen LogP contribution in [0.1, 0.15) is 11.5 Å². The van der Waals surface area contributed by atoms with Crippen LogP contribution in [-0.4, -0.2) is 40.2 Å². The van der Waals surface area contributed by atoms with Gasteiger partial charge >= 0.3 is 0 Å². The minimum absolute atomic E-state index is 0.671. The van der Waals surface area contributed by atoms with Crippen molar-refractivity contribution in [2.24, 2.45) is 0 Å². The lowest BCUT2D eigenvalue weighted by Gasteiger charge is -2.13. The first-order valence-electron chi connectivity index (χ1n) is 6.71. The summed E-state index contributed by atoms with van der Waals surface area (Å²) in [5.41, 5.74) is 1.04. The van der Waals surface area contributed by atoms with E-state index in [0.29, 0.717) is 6.54 Å². The Hall–Kier alpha value is -2.15. The number of imidazole rings is 1. The summed E-state index contributed by atoms with van der Waals surface area (Å²) in [7, 11) is 3.92. The highest BCUT2D eigenvalue weighted by Gasteiger charge is 2.11. The molecule has 2 N–H and O–H groups in total. The van der Waals surface area contributed by atoms with Crippen molar-refractivity contribution in [3.05, 3.63) is 30.1 Å². The number of nitrogens with one attached hydrogen (secondary N) is 2. The Morgan fingerprint density at radius 1 is 1.40 bits per heavy atom. The fraction of sp³-hybridized carbons (Fsp3) is 0.462. The lowest BCUT2D eigenvalue weighted by Crippen LogP contribution is -2.27. The third-order valence-electron chi connectivity index (χ3n) is 3.28. The van der Waals surface area contributed by atoms with Crippen molar-refractivity contribution < 1.29 is 0 Å². The zero-order chi connectivity index (χ0) is 13.9. The first-order valence-corrected chi connectivity index (χ1v) is 6.71. The summed E-state index contributed by atoms with van der Waals surface area (Å²) in [5, 5.41) is 6.61. The molecule has 0 radical (unpaired) electrons. The second kappa shape index (κ2) is 5.46. The van der Waals surface area contributed by atoms with Crippen molar-refractivity contribution in [3.8, 4) is 0 Å². The molecule has 0 atom stereocenters. The molecule has 20 heavy (non-hydrogen) atoms. The molecule has 1 aliphatic rings. The number of fused-ring (bicyclic) bond motifs is 1. The highest BCUT2D eigenvalue weighted by molar-refractivity contribution is 5.47. The lowest BCUT2D eigenvalue weighted by atomic mass is 10.4. The van der Waals surface area contributed by atoms with Gasteiger partial charge in [0.25, 0.3) is 0 Å². The van der Waals surface area contributed by atoms with Crippen molar-refractivity contribution in [2.75, 3.05) is 30.9 Å². The van der Waals surface area contributed by atoms with Crippen LogP contribution in [-0.2, 0) is 19.6 Å². The van der Waals surface area contributed by atoms with Crippen LogP contribution in [0.3, 0.4) is 0 Å². The molecular formula is C13H19N7. The Morgan fingerprint density at radius 2 is 2.30 bits per heavy atom. The van der Waals surface area contributed by atoms with E-state index in [1.54, 1.807) is 6.33 Å². The fourth-order valence-electron chi connectivity index (χ4n) is 2.20. The molecule has 7 heteroatoms. The summed E-state index contributed by atoms with van der Waals surface area (Å²) in [6, 6.07) is 1.93. The second-order valence-electron chi connectivity index (χ2n) is 5.03. The van der Waals surface area contributed by atoms with Crippen molar-refractivity contribution in [1.29, 1.82) is 0 Å². The second-order valence-corrected chi connectivity index (χ2v) is 5.03. The van der Waals surface area contributed by atoms with Gasteiger partial charge in [-0.2, -0.15) is 0 Å². The molecule has 0 aliphatic carbocycles. The van der Waals surface area contributed by atoms with Gasteiger partial charge in [-0.25, -0.2) is 15.0 Å². The van der Waals surface area contributed by atoms with Gasteiger partial charge in [-0.05, 0) is 0 Å². The van der Waals surface area contributed by atoms with E-state index < -0.39 is 0 Å². The number of aromatic nitrogens is 4. The Bertz CT molecular complexity index is 567. The van der Waals surface area contributed by atoms with Gasteiger partial charge in [0, 0.05) is 39.4 Å². The lowest BCUT2D eigenvalue weighted by molar-refractivity contribution is 0.505. The SMILES string of the molecule is CN(C)c1cc(NCc2cn3c(n2)CNCC3)ncn1. The minimum Gasteiger partial charge on any atom is -0.364 e. The van der Waals surface area contributed by atoms with Gasteiger partial charge in [0.05, 0.1) is 18.8 Å². The molecule has 1 aliphatic heterocycles. The Labute approximate surface area is 118 Å². The van der Waals surface area contributed by atoms with Crippen LogP contribution >= 0.6 is 0 Å². The van der Waals surface area contributed by atoms with E-state index in [-0.39, 0.29) is 0 Å². The summed E-state index contributed by atoms with van der Waals surface area (Å²) in [6.45, 7) is 3.51. The Morgan fingerprint density at radius 3 is 3.10 bits per heavy atom. The standard InChI is InChI=1S/C13H19N7/c1-19(2)12-5-11(16-9-17-12)15-6-10-8-20-4-3-14-7-13(20)18-10/h5,8-9,14H,3-4,6-7H2,1-2H3,(H,15,16,17). The van der Waals surface area contributed by atoms with Crippen molar-refractivity contribution in [2.45, 2.75) is 19.6 Å². The van der Waals surface area contributed by atoms with Crippen LogP contribution in [0, 0.1) is 0 Å². The minimum atomic E-state index is 0.671. The van der Waals surface area contributed by atoms with Crippen LogP contribution in [0.2, 0.25) is 0 Å². The molecule has 3 heterocycles. The molecule has 0 amide bonds. The predicted molar refractivity (Wildman–Crippen MR) is 77.6 cm³/mol. The molecule has 0 bridgehead atoms. The summed E-state index contributed by atoms with van der Waals surface area (Å²) in [5.74, 6) is 2.80. The van der Waals surface area contributed by atoms with E-state index >= 15 is 0 Å². The largest absolute Gasteiger partial charge is 0.364 e. The average Bonchev–Trinajstić information content (AvgIpc) is 2.88. The predicted octanol–water partition coefficient (Wildman–Crippen LogP) is 0.454. The number of anilines is 2. The maximum atomic E-state index is 4.61. The van der Waals surface area contributed by atoms with Crippen LogP contribution < -0.4 is 15.5 Å². The summed E-state index contributed by atoms with van der Waals surface area (Å²) >= 11 is 0. The summed E-state index contributed by atoms with van der Waals surface area (Å²) in [6.07, 6.45) is 3.68. The maximum Gasteiger partial charge on any atom is 0.133 e. The van der Waals surface area contributed by atoms with E-state index in [9.17, 15) is 0 Å². The number of nitrogens with zero attached hydrogens (tertiary/aromatic N) is 5. The van der Waals surface area contributed by atoms with E-state index in [2.05, 4.69) is 36.3 Å². The summed E-state index contributed by atoms with van der Waals surface area (Å²) < 4.78 is 2.21. The van der Waals surface area contributed by atoms with E-state index in [1.807, 2.05) is 25.1 Å². The molecule has 0 spiro atoms. The van der Waals surface area contributed by atoms with E-state index in [4.69, 9.17) is 0 Å². The van der Waals surface area contributed by atoms with Crippen molar-refractivity contribution >= 4 is 11.6 Å². The molecule has 2 aromatic rings. The van der Waals surface area contributed by atoms with E-state index in [1.165, 1.54) is 0 Å². The molecule has 106 valence electrons. The van der Waals surface area contributed by atoms with Gasteiger partial charge in [-0.1, -0.05) is 0 Å². The maximum absolute atomic E-state index is 4.61. The Kier molecular flexibility index (Phi) is 3.51. The van der Waals surface area contributed by atoms with Crippen LogP contribution in [0.25, 0.3) is 0 Å². The first kappa shape index (κ1) is 12.9. The molecule has 0 fully saturated rings. The monoisotopic (exact) mass is 273 g/mol. The molecule has 0 saturated carbocycles. The van der Waals surface area contributed by atoms with Crippen LogP contribution in [0.4, 0.5) is 11.6 Å². The molecule has 0 aromatic carbocycles. The van der Waals surface area contributed by atoms with Gasteiger partial charge in [-0.15, -0.1) is 0 Å². The molecule has 7 nitrogen and oxygen atoms in total. The zero-order valence-electron chi connectivity index (χ0n) is 11.8. The molecule has 0 unspecified atom stereocenters. The first-order chi connectivity index (χ1) is 9.72. The van der Waals surface area contributed by atoms with Gasteiger partial charge in [-0.3, -0.25) is 0 Å². The van der Waals surface area contributed by atoms with Gasteiger partial charge in [0.2, 0.25) is 0 Å².